The number of nitrogens with zero attached hydrogens (tertiary/aromatic N) is 2. The summed E-state index contributed by atoms with van der Waals surface area (Å²) in [5, 5.41) is 0. The Hall–Kier alpha value is -2.82. The molecule has 4 rings (SSSR count). The molecule has 2 unspecified atom stereocenters. The Morgan fingerprint density at radius 1 is 1.04 bits per heavy atom. The van der Waals surface area contributed by atoms with Crippen LogP contribution in [-0.4, -0.2) is 36.3 Å². The van der Waals surface area contributed by atoms with Gasteiger partial charge in [0.1, 0.15) is 5.75 Å². The van der Waals surface area contributed by atoms with Gasteiger partial charge >= 0.3 is 0 Å². The molecule has 0 spiro atoms. The van der Waals surface area contributed by atoms with Gasteiger partial charge in [0.25, 0.3) is 0 Å². The fourth-order valence-corrected chi connectivity index (χ4v) is 4.14. The van der Waals surface area contributed by atoms with Crippen molar-refractivity contribution in [1.82, 2.24) is 4.90 Å². The fraction of sp³-hybridized carbons (Fsp3) is 0.391. The van der Waals surface area contributed by atoms with E-state index in [4.69, 9.17) is 4.74 Å². The standard InChI is InChI=1S/C23H26N2O3/c1-17-8-7-13-24(15-17)23(27)18-14-22(26)25(16-18)20-11-5-6-12-21(20)28-19-9-3-2-4-10-19/h2-6,9-12,17-18H,7-8,13-16H2,1H3. The Balaban J connectivity index is 1.51. The minimum absolute atomic E-state index is 0.0208. The molecule has 28 heavy (non-hydrogen) atoms. The van der Waals surface area contributed by atoms with Crippen molar-refractivity contribution in [2.75, 3.05) is 24.5 Å². The maximum Gasteiger partial charge on any atom is 0.228 e. The Morgan fingerprint density at radius 2 is 1.79 bits per heavy atom. The Morgan fingerprint density at radius 3 is 2.57 bits per heavy atom. The van der Waals surface area contributed by atoms with E-state index in [0.717, 1.165) is 30.9 Å². The predicted molar refractivity (Wildman–Crippen MR) is 108 cm³/mol. The summed E-state index contributed by atoms with van der Waals surface area (Å²) in [4.78, 5) is 29.4. The molecule has 2 atom stereocenters. The molecule has 2 heterocycles. The number of rotatable bonds is 4. The highest BCUT2D eigenvalue weighted by atomic mass is 16.5. The van der Waals surface area contributed by atoms with Gasteiger partial charge in [0, 0.05) is 26.1 Å². The number of piperidine rings is 1. The smallest absolute Gasteiger partial charge is 0.228 e. The molecule has 5 nitrogen and oxygen atoms in total. The van der Waals surface area contributed by atoms with Crippen LogP contribution in [0.2, 0.25) is 0 Å². The van der Waals surface area contributed by atoms with Crippen LogP contribution in [0.3, 0.4) is 0 Å². The van der Waals surface area contributed by atoms with Crippen LogP contribution in [0.5, 0.6) is 11.5 Å². The topological polar surface area (TPSA) is 49.9 Å². The van der Waals surface area contributed by atoms with Crippen LogP contribution in [0.25, 0.3) is 0 Å². The summed E-state index contributed by atoms with van der Waals surface area (Å²) in [6, 6.07) is 17.0. The molecule has 5 heteroatoms. The van der Waals surface area contributed by atoms with Crippen molar-refractivity contribution in [3.63, 3.8) is 0 Å². The first-order valence-corrected chi connectivity index (χ1v) is 10.0. The van der Waals surface area contributed by atoms with E-state index in [1.807, 2.05) is 59.5 Å². The average molecular weight is 378 g/mol. The fourth-order valence-electron chi connectivity index (χ4n) is 4.14. The van der Waals surface area contributed by atoms with E-state index in [2.05, 4.69) is 6.92 Å². The van der Waals surface area contributed by atoms with Gasteiger partial charge in [0.15, 0.2) is 5.75 Å². The van der Waals surface area contributed by atoms with E-state index in [1.165, 1.54) is 6.42 Å². The van der Waals surface area contributed by atoms with Gasteiger partial charge in [-0.3, -0.25) is 9.59 Å². The predicted octanol–water partition coefficient (Wildman–Crippen LogP) is 4.09. The first-order chi connectivity index (χ1) is 13.6. The van der Waals surface area contributed by atoms with Crippen molar-refractivity contribution in [2.24, 2.45) is 11.8 Å². The molecule has 2 aliphatic rings. The summed E-state index contributed by atoms with van der Waals surface area (Å²) < 4.78 is 6.01. The molecular weight excluding hydrogens is 352 g/mol. The number of ether oxygens (including phenoxy) is 1. The van der Waals surface area contributed by atoms with Gasteiger partial charge < -0.3 is 14.5 Å². The van der Waals surface area contributed by atoms with Crippen molar-refractivity contribution in [3.05, 3.63) is 54.6 Å². The van der Waals surface area contributed by atoms with Crippen LogP contribution in [0.15, 0.2) is 54.6 Å². The lowest BCUT2D eigenvalue weighted by molar-refractivity contribution is -0.137. The van der Waals surface area contributed by atoms with Gasteiger partial charge in [-0.2, -0.15) is 0 Å². The second kappa shape index (κ2) is 8.05. The molecule has 2 amide bonds. The summed E-state index contributed by atoms with van der Waals surface area (Å²) in [6.07, 6.45) is 2.48. The quantitative estimate of drug-likeness (QED) is 0.805. The van der Waals surface area contributed by atoms with Gasteiger partial charge in [0.05, 0.1) is 11.6 Å². The number of carbonyl (C=O) groups is 2. The number of carbonyl (C=O) groups excluding carboxylic acids is 2. The van der Waals surface area contributed by atoms with Crippen LogP contribution >= 0.6 is 0 Å². The SMILES string of the molecule is CC1CCCN(C(=O)C2CC(=O)N(c3ccccc3Oc3ccccc3)C2)C1. The van der Waals surface area contributed by atoms with Gasteiger partial charge in [-0.05, 0) is 43.0 Å². The molecule has 2 fully saturated rings. The third-order valence-corrected chi connectivity index (χ3v) is 5.57. The molecule has 2 saturated heterocycles. The van der Waals surface area contributed by atoms with Gasteiger partial charge in [-0.15, -0.1) is 0 Å². The summed E-state index contributed by atoms with van der Waals surface area (Å²) in [5.74, 6) is 1.70. The zero-order chi connectivity index (χ0) is 19.5. The highest BCUT2D eigenvalue weighted by molar-refractivity contribution is 6.01. The number of benzene rings is 2. The summed E-state index contributed by atoms with van der Waals surface area (Å²) in [6.45, 7) is 4.21. The minimum Gasteiger partial charge on any atom is -0.455 e. The lowest BCUT2D eigenvalue weighted by atomic mass is 9.98. The van der Waals surface area contributed by atoms with Crippen LogP contribution in [0.1, 0.15) is 26.2 Å². The lowest BCUT2D eigenvalue weighted by Crippen LogP contribution is -2.43. The number of para-hydroxylation sites is 3. The molecule has 0 N–H and O–H groups in total. The first-order valence-electron chi connectivity index (χ1n) is 10.0. The number of anilines is 1. The van der Waals surface area contributed by atoms with Gasteiger partial charge in [0.2, 0.25) is 11.8 Å². The Bertz CT molecular complexity index is 852. The molecule has 2 aromatic carbocycles. The molecule has 0 aliphatic carbocycles. The number of hydrogen-bond donors (Lipinski definition) is 0. The number of hydrogen-bond acceptors (Lipinski definition) is 3. The highest BCUT2D eigenvalue weighted by Crippen LogP contribution is 2.36. The molecule has 2 aromatic rings. The first kappa shape index (κ1) is 18.5. The Kier molecular flexibility index (Phi) is 5.33. The third kappa shape index (κ3) is 3.88. The second-order valence-corrected chi connectivity index (χ2v) is 7.82. The van der Waals surface area contributed by atoms with E-state index in [0.29, 0.717) is 18.2 Å². The zero-order valence-electron chi connectivity index (χ0n) is 16.2. The lowest BCUT2D eigenvalue weighted by Gasteiger charge is -2.32. The Labute approximate surface area is 165 Å². The second-order valence-electron chi connectivity index (χ2n) is 7.82. The minimum atomic E-state index is -0.275. The highest BCUT2D eigenvalue weighted by Gasteiger charge is 2.38. The maximum atomic E-state index is 13.0. The summed E-state index contributed by atoms with van der Waals surface area (Å²) >= 11 is 0. The van der Waals surface area contributed by atoms with E-state index >= 15 is 0 Å². The molecule has 0 bridgehead atoms. The largest absolute Gasteiger partial charge is 0.455 e. The number of amides is 2. The van der Waals surface area contributed by atoms with E-state index in [9.17, 15) is 9.59 Å². The van der Waals surface area contributed by atoms with Crippen molar-refractivity contribution in [3.8, 4) is 11.5 Å². The summed E-state index contributed by atoms with van der Waals surface area (Å²) in [7, 11) is 0. The van der Waals surface area contributed by atoms with Crippen LogP contribution in [0.4, 0.5) is 5.69 Å². The van der Waals surface area contributed by atoms with Gasteiger partial charge in [-0.1, -0.05) is 37.3 Å². The molecule has 146 valence electrons. The van der Waals surface area contributed by atoms with Crippen LogP contribution in [0, 0.1) is 11.8 Å². The average Bonchev–Trinajstić information content (AvgIpc) is 3.10. The van der Waals surface area contributed by atoms with Crippen molar-refractivity contribution in [2.45, 2.75) is 26.2 Å². The molecule has 2 aliphatic heterocycles. The normalized spacial score (nSPS) is 22.4. The number of likely N-dealkylation sites (tertiary alicyclic amines) is 1. The van der Waals surface area contributed by atoms with Crippen molar-refractivity contribution >= 4 is 17.5 Å². The molecule has 0 radical (unpaired) electrons. The van der Waals surface area contributed by atoms with Gasteiger partial charge in [-0.25, -0.2) is 0 Å². The zero-order valence-corrected chi connectivity index (χ0v) is 16.2. The summed E-state index contributed by atoms with van der Waals surface area (Å²) in [5.41, 5.74) is 0.721. The van der Waals surface area contributed by atoms with Crippen LogP contribution < -0.4 is 9.64 Å². The maximum absolute atomic E-state index is 13.0. The monoisotopic (exact) mass is 378 g/mol. The molecule has 0 aromatic heterocycles. The van der Waals surface area contributed by atoms with E-state index in [1.54, 1.807) is 4.90 Å². The van der Waals surface area contributed by atoms with E-state index in [-0.39, 0.29) is 24.2 Å². The van der Waals surface area contributed by atoms with Crippen molar-refractivity contribution < 1.29 is 14.3 Å². The molecular formula is C23H26N2O3. The van der Waals surface area contributed by atoms with Crippen molar-refractivity contribution in [1.29, 1.82) is 0 Å². The third-order valence-electron chi connectivity index (χ3n) is 5.57. The van der Waals surface area contributed by atoms with Crippen LogP contribution in [-0.2, 0) is 9.59 Å². The molecule has 0 saturated carbocycles. The van der Waals surface area contributed by atoms with E-state index < -0.39 is 0 Å².